The first-order valence-electron chi connectivity index (χ1n) is 10.6. The van der Waals surface area contributed by atoms with Crippen molar-refractivity contribution in [1.82, 2.24) is 14.8 Å². The van der Waals surface area contributed by atoms with Gasteiger partial charge in [-0.2, -0.15) is 0 Å². The van der Waals surface area contributed by atoms with Gasteiger partial charge in [-0.05, 0) is 23.1 Å². The lowest BCUT2D eigenvalue weighted by atomic mass is 9.87. The highest BCUT2D eigenvalue weighted by molar-refractivity contribution is 7.99. The minimum atomic E-state index is -0.184. The SMILES string of the molecule is C=CCn1c(SCC(=O)Nc2cc(OC)ccc2OC)nnc1-c1ccc(C(C)(C)C)cc1. The van der Waals surface area contributed by atoms with Crippen LogP contribution in [0.25, 0.3) is 11.4 Å². The van der Waals surface area contributed by atoms with Crippen LogP contribution in [0.4, 0.5) is 5.69 Å². The van der Waals surface area contributed by atoms with Crippen LogP contribution in [0.2, 0.25) is 0 Å². The lowest BCUT2D eigenvalue weighted by Gasteiger charge is -2.19. The first kappa shape index (κ1) is 24.4. The van der Waals surface area contributed by atoms with E-state index in [2.05, 4.69) is 67.1 Å². The third-order valence-electron chi connectivity index (χ3n) is 5.05. The lowest BCUT2D eigenvalue weighted by Crippen LogP contribution is -2.15. The van der Waals surface area contributed by atoms with E-state index in [1.807, 2.05) is 4.57 Å². The van der Waals surface area contributed by atoms with Crippen molar-refractivity contribution in [3.63, 3.8) is 0 Å². The molecule has 1 aromatic heterocycles. The van der Waals surface area contributed by atoms with Gasteiger partial charge in [0.15, 0.2) is 11.0 Å². The topological polar surface area (TPSA) is 78.3 Å². The summed E-state index contributed by atoms with van der Waals surface area (Å²) < 4.78 is 12.5. The Bertz CT molecular complexity index is 1120. The number of rotatable bonds is 9. The molecule has 2 aromatic carbocycles. The highest BCUT2D eigenvalue weighted by Crippen LogP contribution is 2.30. The molecule has 0 fully saturated rings. The summed E-state index contributed by atoms with van der Waals surface area (Å²) in [5, 5.41) is 12.2. The number of amides is 1. The molecule has 0 radical (unpaired) electrons. The Morgan fingerprint density at radius 1 is 1.12 bits per heavy atom. The van der Waals surface area contributed by atoms with Gasteiger partial charge < -0.3 is 14.8 Å². The maximum atomic E-state index is 12.6. The molecule has 1 heterocycles. The van der Waals surface area contributed by atoms with Crippen molar-refractivity contribution in [2.75, 3.05) is 25.3 Å². The molecule has 174 valence electrons. The van der Waals surface area contributed by atoms with Crippen LogP contribution in [0.5, 0.6) is 11.5 Å². The van der Waals surface area contributed by atoms with Crippen molar-refractivity contribution in [3.8, 4) is 22.9 Å². The first-order valence-corrected chi connectivity index (χ1v) is 11.5. The number of hydrogen-bond donors (Lipinski definition) is 1. The molecule has 7 nitrogen and oxygen atoms in total. The van der Waals surface area contributed by atoms with Gasteiger partial charge in [-0.3, -0.25) is 9.36 Å². The molecular weight excluding hydrogens is 436 g/mol. The normalized spacial score (nSPS) is 11.2. The molecular formula is C25H30N4O3S. The molecule has 1 N–H and O–H groups in total. The van der Waals surface area contributed by atoms with E-state index < -0.39 is 0 Å². The van der Waals surface area contributed by atoms with Crippen LogP contribution in [-0.2, 0) is 16.8 Å². The molecule has 0 bridgehead atoms. The number of anilines is 1. The van der Waals surface area contributed by atoms with Crippen molar-refractivity contribution < 1.29 is 14.3 Å². The Morgan fingerprint density at radius 2 is 1.85 bits per heavy atom. The molecule has 33 heavy (non-hydrogen) atoms. The molecule has 0 spiro atoms. The molecule has 0 unspecified atom stereocenters. The van der Waals surface area contributed by atoms with Gasteiger partial charge in [0.25, 0.3) is 0 Å². The summed E-state index contributed by atoms with van der Waals surface area (Å²) in [7, 11) is 3.13. The van der Waals surface area contributed by atoms with Crippen LogP contribution in [-0.4, -0.2) is 40.6 Å². The van der Waals surface area contributed by atoms with Crippen LogP contribution in [0.1, 0.15) is 26.3 Å². The van der Waals surface area contributed by atoms with Crippen molar-refractivity contribution in [2.24, 2.45) is 0 Å². The van der Waals surface area contributed by atoms with Crippen LogP contribution in [0, 0.1) is 0 Å². The monoisotopic (exact) mass is 466 g/mol. The first-order chi connectivity index (χ1) is 15.8. The number of carbonyl (C=O) groups excluding carboxylic acids is 1. The van der Waals surface area contributed by atoms with Gasteiger partial charge in [0.1, 0.15) is 11.5 Å². The average Bonchev–Trinajstić information content (AvgIpc) is 3.20. The Balaban J connectivity index is 1.75. The largest absolute Gasteiger partial charge is 0.497 e. The standard InChI is InChI=1S/C25H30N4O3S/c1-7-14-29-23(17-8-10-18(11-9-17)25(2,3)4)27-28-24(29)33-16-22(30)26-20-15-19(31-5)12-13-21(20)32-6/h7-13,15H,1,14,16H2,2-6H3,(H,26,30). The minimum absolute atomic E-state index is 0.0765. The number of aromatic nitrogens is 3. The second kappa shape index (κ2) is 10.6. The fraction of sp³-hybridized carbons (Fsp3) is 0.320. The zero-order valence-electron chi connectivity index (χ0n) is 19.7. The summed E-state index contributed by atoms with van der Waals surface area (Å²) in [5.41, 5.74) is 2.84. The molecule has 0 saturated carbocycles. The molecule has 3 aromatic rings. The fourth-order valence-electron chi connectivity index (χ4n) is 3.25. The number of ether oxygens (including phenoxy) is 2. The second-order valence-corrected chi connectivity index (χ2v) is 9.38. The smallest absolute Gasteiger partial charge is 0.234 e. The van der Waals surface area contributed by atoms with Gasteiger partial charge >= 0.3 is 0 Å². The zero-order valence-corrected chi connectivity index (χ0v) is 20.5. The summed E-state index contributed by atoms with van der Waals surface area (Å²) >= 11 is 1.32. The fourth-order valence-corrected chi connectivity index (χ4v) is 4.00. The summed E-state index contributed by atoms with van der Waals surface area (Å²) in [5.74, 6) is 1.92. The molecule has 0 aliphatic rings. The molecule has 0 aliphatic heterocycles. The number of methoxy groups -OCH3 is 2. The molecule has 0 atom stereocenters. The Labute approximate surface area is 199 Å². The maximum absolute atomic E-state index is 12.6. The van der Waals surface area contributed by atoms with E-state index in [1.54, 1.807) is 38.5 Å². The predicted octanol–water partition coefficient (Wildman–Crippen LogP) is 5.18. The van der Waals surface area contributed by atoms with E-state index in [0.29, 0.717) is 28.9 Å². The van der Waals surface area contributed by atoms with Crippen molar-refractivity contribution in [3.05, 3.63) is 60.7 Å². The van der Waals surface area contributed by atoms with Crippen molar-refractivity contribution in [2.45, 2.75) is 37.9 Å². The minimum Gasteiger partial charge on any atom is -0.497 e. The number of thioether (sulfide) groups is 1. The van der Waals surface area contributed by atoms with Crippen LogP contribution in [0.15, 0.2) is 60.3 Å². The van der Waals surface area contributed by atoms with Crippen LogP contribution >= 0.6 is 11.8 Å². The number of nitrogens with zero attached hydrogens (tertiary/aromatic N) is 3. The third-order valence-corrected chi connectivity index (χ3v) is 6.02. The van der Waals surface area contributed by atoms with Crippen LogP contribution < -0.4 is 14.8 Å². The third kappa shape index (κ3) is 5.96. The van der Waals surface area contributed by atoms with E-state index >= 15 is 0 Å². The van der Waals surface area contributed by atoms with Gasteiger partial charge in [0, 0.05) is 18.2 Å². The number of allylic oxidation sites excluding steroid dienone is 1. The van der Waals surface area contributed by atoms with Gasteiger partial charge in [0.2, 0.25) is 5.91 Å². The summed E-state index contributed by atoms with van der Waals surface area (Å²) in [4.78, 5) is 12.6. The highest BCUT2D eigenvalue weighted by Gasteiger charge is 2.18. The van der Waals surface area contributed by atoms with E-state index in [9.17, 15) is 4.79 Å². The van der Waals surface area contributed by atoms with Crippen LogP contribution in [0.3, 0.4) is 0 Å². The van der Waals surface area contributed by atoms with Gasteiger partial charge in [-0.1, -0.05) is 62.9 Å². The Hall–Kier alpha value is -3.26. The van der Waals surface area contributed by atoms with E-state index in [1.165, 1.54) is 17.3 Å². The molecule has 3 rings (SSSR count). The molecule has 0 aliphatic carbocycles. The lowest BCUT2D eigenvalue weighted by molar-refractivity contribution is -0.113. The molecule has 8 heteroatoms. The summed E-state index contributed by atoms with van der Waals surface area (Å²) in [6.07, 6.45) is 1.79. The quantitative estimate of drug-likeness (QED) is 0.346. The maximum Gasteiger partial charge on any atom is 0.234 e. The highest BCUT2D eigenvalue weighted by atomic mass is 32.2. The number of benzene rings is 2. The van der Waals surface area contributed by atoms with E-state index in [4.69, 9.17) is 9.47 Å². The van der Waals surface area contributed by atoms with Crippen molar-refractivity contribution in [1.29, 1.82) is 0 Å². The number of nitrogens with one attached hydrogen (secondary N) is 1. The Kier molecular flexibility index (Phi) is 7.81. The second-order valence-electron chi connectivity index (χ2n) is 8.44. The van der Waals surface area contributed by atoms with Crippen molar-refractivity contribution >= 4 is 23.4 Å². The average molecular weight is 467 g/mol. The predicted molar refractivity (Wildman–Crippen MR) is 133 cm³/mol. The number of hydrogen-bond acceptors (Lipinski definition) is 6. The Morgan fingerprint density at radius 3 is 2.45 bits per heavy atom. The number of carbonyl (C=O) groups is 1. The van der Waals surface area contributed by atoms with Gasteiger partial charge in [-0.15, -0.1) is 16.8 Å². The van der Waals surface area contributed by atoms with E-state index in [-0.39, 0.29) is 17.1 Å². The van der Waals surface area contributed by atoms with E-state index in [0.717, 1.165) is 11.4 Å². The van der Waals surface area contributed by atoms with Gasteiger partial charge in [0.05, 0.1) is 25.7 Å². The summed E-state index contributed by atoms with van der Waals surface area (Å²) in [6, 6.07) is 13.6. The molecule has 0 saturated heterocycles. The molecule has 1 amide bonds. The summed E-state index contributed by atoms with van der Waals surface area (Å²) in [6.45, 7) is 10.9. The zero-order chi connectivity index (χ0) is 24.0. The van der Waals surface area contributed by atoms with Gasteiger partial charge in [-0.25, -0.2) is 0 Å².